The van der Waals surface area contributed by atoms with Crippen molar-refractivity contribution in [1.29, 1.82) is 0 Å². The van der Waals surface area contributed by atoms with Crippen LogP contribution in [0.1, 0.15) is 46.0 Å². The Kier molecular flexibility index (Phi) is 5.63. The molecule has 5 heteroatoms. The van der Waals surface area contributed by atoms with Gasteiger partial charge in [0.25, 0.3) is 0 Å². The monoisotopic (exact) mass is 297 g/mol. The molecule has 0 radical (unpaired) electrons. The van der Waals surface area contributed by atoms with Gasteiger partial charge in [-0.25, -0.2) is 0 Å². The Labute approximate surface area is 128 Å². The molecular formula is C16H31N3O2. The third kappa shape index (κ3) is 3.96. The van der Waals surface area contributed by atoms with E-state index in [0.29, 0.717) is 18.5 Å². The fourth-order valence-electron chi connectivity index (χ4n) is 3.77. The van der Waals surface area contributed by atoms with Crippen LogP contribution < -0.4 is 5.32 Å². The first kappa shape index (κ1) is 16.7. The summed E-state index contributed by atoms with van der Waals surface area (Å²) in [6, 6.07) is 0.978. The van der Waals surface area contributed by atoms with E-state index in [9.17, 15) is 9.90 Å². The molecule has 3 atom stereocenters. The van der Waals surface area contributed by atoms with E-state index in [-0.39, 0.29) is 0 Å². The lowest BCUT2D eigenvalue weighted by Crippen LogP contribution is -2.52. The highest BCUT2D eigenvalue weighted by molar-refractivity contribution is 5.78. The Morgan fingerprint density at radius 2 is 2.00 bits per heavy atom. The molecule has 2 saturated heterocycles. The highest BCUT2D eigenvalue weighted by Gasteiger charge is 2.37. The first-order chi connectivity index (χ1) is 9.96. The minimum Gasteiger partial charge on any atom is -0.480 e. The molecule has 0 saturated carbocycles. The molecule has 0 amide bonds. The molecule has 2 fully saturated rings. The predicted molar refractivity (Wildman–Crippen MR) is 84.6 cm³/mol. The zero-order chi connectivity index (χ0) is 15.5. The summed E-state index contributed by atoms with van der Waals surface area (Å²) in [5.74, 6) is -0.761. The fourth-order valence-corrected chi connectivity index (χ4v) is 3.77. The lowest BCUT2D eigenvalue weighted by atomic mass is 9.93. The van der Waals surface area contributed by atoms with Crippen LogP contribution in [0.2, 0.25) is 0 Å². The summed E-state index contributed by atoms with van der Waals surface area (Å²) in [7, 11) is 1.74. The van der Waals surface area contributed by atoms with Crippen LogP contribution in [0.15, 0.2) is 0 Å². The second-order valence-electron chi connectivity index (χ2n) is 6.97. The van der Waals surface area contributed by atoms with Gasteiger partial charge in [-0.1, -0.05) is 6.42 Å². The molecule has 21 heavy (non-hydrogen) atoms. The highest BCUT2D eigenvalue weighted by Crippen LogP contribution is 2.24. The molecule has 122 valence electrons. The van der Waals surface area contributed by atoms with Crippen LogP contribution in [0, 0.1) is 0 Å². The van der Waals surface area contributed by atoms with Crippen LogP contribution in [0.3, 0.4) is 0 Å². The molecule has 0 spiro atoms. The minimum atomic E-state index is -0.831. The van der Waals surface area contributed by atoms with Crippen molar-refractivity contribution in [1.82, 2.24) is 15.1 Å². The van der Waals surface area contributed by atoms with Crippen molar-refractivity contribution in [2.45, 2.75) is 63.6 Å². The van der Waals surface area contributed by atoms with Crippen molar-refractivity contribution in [3.63, 3.8) is 0 Å². The van der Waals surface area contributed by atoms with E-state index in [4.69, 9.17) is 0 Å². The number of carboxylic acid groups (broad SMARTS) is 1. The second-order valence-corrected chi connectivity index (χ2v) is 6.97. The largest absolute Gasteiger partial charge is 0.480 e. The van der Waals surface area contributed by atoms with Gasteiger partial charge in [0.1, 0.15) is 5.54 Å². The number of piperidine rings is 1. The Morgan fingerprint density at radius 3 is 2.57 bits per heavy atom. The molecule has 2 aliphatic heterocycles. The van der Waals surface area contributed by atoms with Gasteiger partial charge in [0.15, 0.2) is 0 Å². The number of carbonyl (C=O) groups is 1. The van der Waals surface area contributed by atoms with Gasteiger partial charge >= 0.3 is 5.97 Å². The maximum atomic E-state index is 11.4. The van der Waals surface area contributed by atoms with E-state index >= 15 is 0 Å². The van der Waals surface area contributed by atoms with E-state index in [1.165, 1.54) is 38.8 Å². The second kappa shape index (κ2) is 7.07. The maximum Gasteiger partial charge on any atom is 0.323 e. The van der Waals surface area contributed by atoms with Crippen molar-refractivity contribution in [3.8, 4) is 0 Å². The molecule has 0 aromatic carbocycles. The van der Waals surface area contributed by atoms with Crippen molar-refractivity contribution < 1.29 is 9.90 Å². The molecule has 0 bridgehead atoms. The van der Waals surface area contributed by atoms with Crippen LogP contribution in [-0.4, -0.2) is 71.7 Å². The summed E-state index contributed by atoms with van der Waals surface area (Å²) in [5, 5.41) is 12.4. The van der Waals surface area contributed by atoms with Gasteiger partial charge in [-0.2, -0.15) is 0 Å². The number of carboxylic acids is 1. The smallest absolute Gasteiger partial charge is 0.323 e. The first-order valence-electron chi connectivity index (χ1n) is 8.36. The quantitative estimate of drug-likeness (QED) is 0.776. The molecule has 0 aromatic rings. The number of rotatable bonds is 6. The number of hydrogen-bond acceptors (Lipinski definition) is 4. The van der Waals surface area contributed by atoms with E-state index in [0.717, 1.165) is 13.1 Å². The number of likely N-dealkylation sites (tertiary alicyclic amines) is 2. The normalized spacial score (nSPS) is 29.2. The van der Waals surface area contributed by atoms with Crippen LogP contribution in [-0.2, 0) is 4.79 Å². The molecular weight excluding hydrogens is 266 g/mol. The highest BCUT2D eigenvalue weighted by atomic mass is 16.4. The number of aliphatic carboxylic acids is 1. The van der Waals surface area contributed by atoms with Gasteiger partial charge in [0.2, 0.25) is 0 Å². The van der Waals surface area contributed by atoms with Gasteiger partial charge in [-0.05, 0) is 59.7 Å². The fraction of sp³-hybridized carbons (Fsp3) is 0.938. The van der Waals surface area contributed by atoms with Crippen LogP contribution in [0.5, 0.6) is 0 Å². The summed E-state index contributed by atoms with van der Waals surface area (Å²) in [6.45, 7) is 8.63. The maximum absolute atomic E-state index is 11.4. The van der Waals surface area contributed by atoms with Crippen molar-refractivity contribution >= 4 is 5.97 Å². The Bertz CT molecular complexity index is 357. The lowest BCUT2D eigenvalue weighted by molar-refractivity contribution is -0.144. The van der Waals surface area contributed by atoms with E-state index in [2.05, 4.69) is 22.0 Å². The number of nitrogens with one attached hydrogen (secondary N) is 1. The first-order valence-corrected chi connectivity index (χ1v) is 8.36. The number of hydrogen-bond donors (Lipinski definition) is 2. The number of nitrogens with zero attached hydrogens (tertiary/aromatic N) is 2. The summed E-state index contributed by atoms with van der Waals surface area (Å²) < 4.78 is 0. The van der Waals surface area contributed by atoms with E-state index in [1.807, 2.05) is 0 Å². The third-order valence-electron chi connectivity index (χ3n) is 5.45. The predicted octanol–water partition coefficient (Wildman–Crippen LogP) is 1.39. The average Bonchev–Trinajstić information content (AvgIpc) is 2.97. The van der Waals surface area contributed by atoms with Gasteiger partial charge in [-0.3, -0.25) is 14.6 Å². The molecule has 0 aromatic heterocycles. The van der Waals surface area contributed by atoms with Crippen molar-refractivity contribution in [3.05, 3.63) is 0 Å². The van der Waals surface area contributed by atoms with E-state index in [1.54, 1.807) is 14.0 Å². The Hall–Kier alpha value is -0.650. The zero-order valence-electron chi connectivity index (χ0n) is 13.8. The van der Waals surface area contributed by atoms with Gasteiger partial charge in [-0.15, -0.1) is 0 Å². The van der Waals surface area contributed by atoms with Crippen LogP contribution in [0.4, 0.5) is 0 Å². The molecule has 2 N–H and O–H groups in total. The summed E-state index contributed by atoms with van der Waals surface area (Å²) in [5.41, 5.74) is -0.831. The summed E-state index contributed by atoms with van der Waals surface area (Å²) >= 11 is 0. The van der Waals surface area contributed by atoms with Gasteiger partial charge in [0.05, 0.1) is 0 Å². The molecule has 0 aliphatic carbocycles. The van der Waals surface area contributed by atoms with Gasteiger partial charge < -0.3 is 10.4 Å². The zero-order valence-corrected chi connectivity index (χ0v) is 13.8. The number of likely N-dealkylation sites (N-methyl/N-ethyl adjacent to an activating group) is 1. The average molecular weight is 297 g/mol. The molecule has 2 aliphatic rings. The standard InChI is InChI=1S/C16H31N3O2/c1-13(11-16(2,17-3)15(20)21)19-10-7-14(12-19)18-8-5-4-6-9-18/h13-14,17H,4-12H2,1-3H3,(H,20,21). The lowest BCUT2D eigenvalue weighted by Gasteiger charge is -2.34. The van der Waals surface area contributed by atoms with Crippen molar-refractivity contribution in [2.24, 2.45) is 0 Å². The summed E-state index contributed by atoms with van der Waals surface area (Å²) in [6.07, 6.45) is 5.92. The van der Waals surface area contributed by atoms with Gasteiger partial charge in [0, 0.05) is 25.2 Å². The van der Waals surface area contributed by atoms with Crippen LogP contribution in [0.25, 0.3) is 0 Å². The summed E-state index contributed by atoms with van der Waals surface area (Å²) in [4.78, 5) is 16.5. The van der Waals surface area contributed by atoms with E-state index < -0.39 is 11.5 Å². The Morgan fingerprint density at radius 1 is 1.33 bits per heavy atom. The Balaban J connectivity index is 1.86. The minimum absolute atomic E-state index is 0.299. The third-order valence-corrected chi connectivity index (χ3v) is 5.45. The molecule has 5 nitrogen and oxygen atoms in total. The molecule has 2 heterocycles. The molecule has 2 rings (SSSR count). The SMILES string of the molecule is CNC(C)(CC(C)N1CCC(N2CCCCC2)C1)C(=O)O. The molecule has 3 unspecified atom stereocenters. The van der Waals surface area contributed by atoms with Crippen LogP contribution >= 0.6 is 0 Å². The topological polar surface area (TPSA) is 55.8 Å². The van der Waals surface area contributed by atoms with Crippen molar-refractivity contribution in [2.75, 3.05) is 33.2 Å².